The average molecular weight is 711 g/mol. The molecule has 1 heterocycles. The van der Waals surface area contributed by atoms with Gasteiger partial charge >= 0.3 is 37.7 Å². The molecule has 15 nitrogen and oxygen atoms in total. The number of methoxy groups -OCH3 is 1. The first-order valence-electron chi connectivity index (χ1n) is 16.7. The zero-order valence-corrected chi connectivity index (χ0v) is 30.1. The first-order chi connectivity index (χ1) is 22.7. The van der Waals surface area contributed by atoms with Crippen LogP contribution in [0.15, 0.2) is 0 Å². The third-order valence-electron chi connectivity index (χ3n) is 7.56. The summed E-state index contributed by atoms with van der Waals surface area (Å²) in [5.41, 5.74) is 0. The molecule has 278 valence electrons. The molecule has 1 fully saturated rings. The largest absolute Gasteiger partial charge is 0.474 e. The van der Waals surface area contributed by atoms with Gasteiger partial charge in [-0.15, -0.1) is 0 Å². The molecular weight excluding hydrogens is 655 g/mol. The molecule has 1 rings (SSSR count). The molecule has 0 aromatic heterocycles. The number of esters is 5. The van der Waals surface area contributed by atoms with Gasteiger partial charge in [0.05, 0.1) is 19.6 Å². The van der Waals surface area contributed by atoms with E-state index in [0.717, 1.165) is 53.4 Å². The Morgan fingerprint density at radius 2 is 1.19 bits per heavy atom. The van der Waals surface area contributed by atoms with Crippen LogP contribution in [0.3, 0.4) is 0 Å². The van der Waals surface area contributed by atoms with Gasteiger partial charge in [-0.05, 0) is 6.42 Å². The molecule has 1 saturated heterocycles. The number of carbonyl (C=O) groups excluding carboxylic acids is 5. The van der Waals surface area contributed by atoms with Gasteiger partial charge < -0.3 is 33.3 Å². The highest BCUT2D eigenvalue weighted by molar-refractivity contribution is 7.47. The van der Waals surface area contributed by atoms with Gasteiger partial charge in [0, 0.05) is 27.7 Å². The first kappa shape index (κ1) is 43.4. The summed E-state index contributed by atoms with van der Waals surface area (Å²) in [4.78, 5) is 70.5. The molecule has 0 amide bonds. The van der Waals surface area contributed by atoms with E-state index in [4.69, 9.17) is 37.5 Å². The molecular formula is C32H55O15P. The van der Waals surface area contributed by atoms with Crippen LogP contribution in [0.4, 0.5) is 0 Å². The Kier molecular flexibility index (Phi) is 21.5. The molecule has 16 heteroatoms. The van der Waals surface area contributed by atoms with Gasteiger partial charge in [0.2, 0.25) is 6.29 Å². The van der Waals surface area contributed by atoms with Crippen LogP contribution in [-0.4, -0.2) is 85.8 Å². The van der Waals surface area contributed by atoms with Crippen molar-refractivity contribution in [1.82, 2.24) is 0 Å². The lowest BCUT2D eigenvalue weighted by atomic mass is 9.98. The normalized spacial score (nSPS) is 22.5. The van der Waals surface area contributed by atoms with E-state index < -0.39 is 87.5 Å². The van der Waals surface area contributed by atoms with Crippen LogP contribution in [0.1, 0.15) is 118 Å². The number of carbonyl (C=O) groups is 5. The average Bonchev–Trinajstić information content (AvgIpc) is 3.00. The van der Waals surface area contributed by atoms with Gasteiger partial charge in [0.15, 0.2) is 18.3 Å². The Morgan fingerprint density at radius 3 is 1.67 bits per heavy atom. The summed E-state index contributed by atoms with van der Waals surface area (Å²) >= 11 is 0. The van der Waals surface area contributed by atoms with E-state index >= 15 is 0 Å². The third-order valence-corrected chi connectivity index (χ3v) is 8.51. The van der Waals surface area contributed by atoms with Crippen molar-refractivity contribution in [3.05, 3.63) is 0 Å². The number of phosphoric acid groups is 1. The maximum absolute atomic E-state index is 13.1. The molecule has 1 aliphatic heterocycles. The summed E-state index contributed by atoms with van der Waals surface area (Å²) in [6.45, 7) is 5.32. The molecule has 0 aromatic rings. The van der Waals surface area contributed by atoms with E-state index in [1.165, 1.54) is 52.1 Å². The van der Waals surface area contributed by atoms with Gasteiger partial charge in [0.25, 0.3) is 0 Å². The highest BCUT2D eigenvalue weighted by Crippen LogP contribution is 2.48. The minimum absolute atomic E-state index is 0.336. The van der Waals surface area contributed by atoms with Crippen LogP contribution >= 0.6 is 7.82 Å². The number of rotatable bonds is 24. The second-order valence-corrected chi connectivity index (χ2v) is 13.2. The fourth-order valence-corrected chi connectivity index (χ4v) is 6.15. The molecule has 7 atom stereocenters. The number of unbranched alkanes of at least 4 members (excludes halogenated alkanes) is 11. The summed E-state index contributed by atoms with van der Waals surface area (Å²) in [6.07, 6.45) is 5.79. The van der Waals surface area contributed by atoms with Crippen LogP contribution < -0.4 is 0 Å². The van der Waals surface area contributed by atoms with E-state index in [-0.39, 0.29) is 0 Å². The lowest BCUT2D eigenvalue weighted by molar-refractivity contribution is -0.291. The van der Waals surface area contributed by atoms with Crippen LogP contribution in [0.25, 0.3) is 0 Å². The number of phosphoric ester groups is 1. The Hall–Kier alpha value is -2.58. The number of hydrogen-bond donors (Lipinski definition) is 1. The van der Waals surface area contributed by atoms with Crippen molar-refractivity contribution in [2.45, 2.75) is 149 Å². The molecule has 1 aliphatic rings. The van der Waals surface area contributed by atoms with Crippen LogP contribution in [-0.2, 0) is 66.0 Å². The summed E-state index contributed by atoms with van der Waals surface area (Å²) in [5, 5.41) is 0. The van der Waals surface area contributed by atoms with Crippen molar-refractivity contribution < 1.29 is 70.9 Å². The predicted octanol–water partition coefficient (Wildman–Crippen LogP) is 5.08. The zero-order chi connectivity index (χ0) is 36.1. The SMILES string of the molecule is CCCCCCCCCCCCCC[C@H](COP(=O)(O)O[C@H]1O[C@H](COC(C)=O)[C@@H](OC(C)=O)[C@H](OC(C)=O)[C@H]1OC(C)=O)C(=O)OC. The van der Waals surface area contributed by atoms with E-state index in [9.17, 15) is 33.4 Å². The van der Waals surface area contributed by atoms with Gasteiger partial charge in [-0.2, -0.15) is 0 Å². The Bertz CT molecular complexity index is 1050. The van der Waals surface area contributed by atoms with E-state index in [2.05, 4.69) is 6.92 Å². The Balaban J connectivity index is 2.89. The Labute approximate surface area is 283 Å². The van der Waals surface area contributed by atoms with E-state index in [1.54, 1.807) is 0 Å². The van der Waals surface area contributed by atoms with Crippen molar-refractivity contribution in [2.75, 3.05) is 20.3 Å². The summed E-state index contributed by atoms with van der Waals surface area (Å²) in [5.74, 6) is -4.89. The third kappa shape index (κ3) is 18.3. The highest BCUT2D eigenvalue weighted by Gasteiger charge is 2.54. The molecule has 1 N–H and O–H groups in total. The van der Waals surface area contributed by atoms with E-state index in [0.29, 0.717) is 12.8 Å². The van der Waals surface area contributed by atoms with Crippen LogP contribution in [0.5, 0.6) is 0 Å². The summed E-state index contributed by atoms with van der Waals surface area (Å²) < 4.78 is 54.8. The standard InChI is InChI=1S/C32H55O15P/c1-7-8-9-10-11-12-13-14-15-16-17-18-19-26(31(37)40-6)20-42-48(38,39)47-32-30(45-25(5)36)29(44-24(4)35)28(43-23(3)34)27(46-32)21-41-22(2)33/h26-30,32H,7-21H2,1-6H3,(H,38,39)/t26-,27-,28-,29+,30-,32-/m1/s1. The maximum Gasteiger partial charge on any atom is 0.474 e. The lowest BCUT2D eigenvalue weighted by Gasteiger charge is -2.44. The van der Waals surface area contributed by atoms with E-state index in [1.807, 2.05) is 0 Å². The van der Waals surface area contributed by atoms with Crippen molar-refractivity contribution >= 4 is 37.7 Å². The molecule has 0 aliphatic carbocycles. The number of ether oxygens (including phenoxy) is 6. The minimum Gasteiger partial charge on any atom is -0.469 e. The molecule has 0 radical (unpaired) electrons. The highest BCUT2D eigenvalue weighted by atomic mass is 31.2. The molecule has 0 spiro atoms. The minimum atomic E-state index is -5.07. The lowest BCUT2D eigenvalue weighted by Crippen LogP contribution is -2.62. The summed E-state index contributed by atoms with van der Waals surface area (Å²) in [7, 11) is -3.87. The Morgan fingerprint density at radius 1 is 0.708 bits per heavy atom. The number of hydrogen-bond acceptors (Lipinski definition) is 14. The van der Waals surface area contributed by atoms with Crippen molar-refractivity contribution in [1.29, 1.82) is 0 Å². The second-order valence-electron chi connectivity index (χ2n) is 11.8. The molecule has 1 unspecified atom stereocenters. The zero-order valence-electron chi connectivity index (χ0n) is 29.2. The maximum atomic E-state index is 13.1. The first-order valence-corrected chi connectivity index (χ1v) is 18.2. The van der Waals surface area contributed by atoms with Gasteiger partial charge in [-0.25, -0.2) is 4.57 Å². The molecule has 0 aromatic carbocycles. The van der Waals surface area contributed by atoms with Gasteiger partial charge in [-0.3, -0.25) is 33.0 Å². The predicted molar refractivity (Wildman–Crippen MR) is 170 cm³/mol. The quantitative estimate of drug-likeness (QED) is 0.0602. The van der Waals surface area contributed by atoms with Crippen molar-refractivity contribution in [2.24, 2.45) is 5.92 Å². The molecule has 48 heavy (non-hydrogen) atoms. The second kappa shape index (κ2) is 23.7. The molecule has 0 saturated carbocycles. The summed E-state index contributed by atoms with van der Waals surface area (Å²) in [6, 6.07) is 0. The topological polar surface area (TPSA) is 196 Å². The van der Waals surface area contributed by atoms with Crippen LogP contribution in [0, 0.1) is 5.92 Å². The molecule has 0 bridgehead atoms. The van der Waals surface area contributed by atoms with Crippen molar-refractivity contribution in [3.63, 3.8) is 0 Å². The fourth-order valence-electron chi connectivity index (χ4n) is 5.29. The van der Waals surface area contributed by atoms with Gasteiger partial charge in [0.1, 0.15) is 12.7 Å². The van der Waals surface area contributed by atoms with Crippen LogP contribution in [0.2, 0.25) is 0 Å². The monoisotopic (exact) mass is 710 g/mol. The van der Waals surface area contributed by atoms with Crippen molar-refractivity contribution in [3.8, 4) is 0 Å². The smallest absolute Gasteiger partial charge is 0.469 e. The fraction of sp³-hybridized carbons (Fsp3) is 0.844. The van der Waals surface area contributed by atoms with Gasteiger partial charge in [-0.1, -0.05) is 84.0 Å².